The summed E-state index contributed by atoms with van der Waals surface area (Å²) in [5, 5.41) is 13.9. The number of benzene rings is 1. The molecule has 2 aromatic heterocycles. The van der Waals surface area contributed by atoms with Crippen molar-refractivity contribution in [1.82, 2.24) is 19.7 Å². The first kappa shape index (κ1) is 30.8. The third-order valence-corrected chi connectivity index (χ3v) is 10.5. The molecule has 2 fully saturated rings. The first-order chi connectivity index (χ1) is 20.2. The van der Waals surface area contributed by atoms with Crippen LogP contribution in [0.15, 0.2) is 30.3 Å². The van der Waals surface area contributed by atoms with Gasteiger partial charge < -0.3 is 19.9 Å². The van der Waals surface area contributed by atoms with Crippen LogP contribution in [0.3, 0.4) is 0 Å². The Morgan fingerprint density at radius 3 is 2.40 bits per heavy atom. The molecule has 0 radical (unpaired) electrons. The Morgan fingerprint density at radius 2 is 1.79 bits per heavy atom. The van der Waals surface area contributed by atoms with Gasteiger partial charge in [-0.2, -0.15) is 0 Å². The van der Waals surface area contributed by atoms with E-state index < -0.39 is 5.97 Å². The minimum Gasteiger partial charge on any atom is -0.477 e. The Balaban J connectivity index is 1.66. The van der Waals surface area contributed by atoms with Crippen LogP contribution in [0.5, 0.6) is 0 Å². The molecule has 5 rings (SSSR count). The molecule has 1 atom stereocenters. The second-order valence-corrected chi connectivity index (χ2v) is 14.0. The number of likely N-dealkylation sites (N-methyl/N-ethyl adjacent to an activating group) is 1. The fourth-order valence-corrected chi connectivity index (χ4v) is 8.24. The normalized spacial score (nSPS) is 18.5. The number of carboxylic acids is 1. The van der Waals surface area contributed by atoms with Gasteiger partial charge in [0.1, 0.15) is 11.4 Å². The molecule has 1 unspecified atom stereocenters. The fourth-order valence-electron chi connectivity index (χ4n) is 6.95. The summed E-state index contributed by atoms with van der Waals surface area (Å²) in [6, 6.07) is 11.1. The minimum atomic E-state index is -0.886. The molecule has 0 bridgehead atoms. The Hall–Kier alpha value is -2.68. The lowest BCUT2D eigenvalue weighted by molar-refractivity contribution is -0.132. The summed E-state index contributed by atoms with van der Waals surface area (Å²) < 4.78 is 3.25. The maximum absolute atomic E-state index is 14.1. The molecule has 1 saturated carbocycles. The molecular weight excluding hydrogens is 544 g/mol. The van der Waals surface area contributed by atoms with Gasteiger partial charge in [0, 0.05) is 44.3 Å². The van der Waals surface area contributed by atoms with E-state index in [2.05, 4.69) is 66.7 Å². The lowest BCUT2D eigenvalue weighted by Crippen LogP contribution is -2.41. The number of carbonyl (C=O) groups excluding carboxylic acids is 1. The zero-order valence-corrected chi connectivity index (χ0v) is 26.8. The summed E-state index contributed by atoms with van der Waals surface area (Å²) in [6.07, 6.45) is 6.78. The highest BCUT2D eigenvalue weighted by atomic mass is 32.1. The van der Waals surface area contributed by atoms with Gasteiger partial charge in [-0.3, -0.25) is 9.69 Å². The molecule has 0 spiro atoms. The average Bonchev–Trinajstić information content (AvgIpc) is 3.68. The first-order valence-corrected chi connectivity index (χ1v) is 16.7. The van der Waals surface area contributed by atoms with Crippen molar-refractivity contribution in [3.8, 4) is 11.3 Å². The molecule has 42 heavy (non-hydrogen) atoms. The SMILES string of the molecule is CC(C)CNCc1c(C(=O)O)sc2c(C3CCCCC3)c(-c3ccccc3)n(CC(=O)N(C)C3CCN(C(C)C)C3)c12. The van der Waals surface area contributed by atoms with Crippen molar-refractivity contribution in [2.24, 2.45) is 5.92 Å². The number of carbonyl (C=O) groups is 2. The lowest BCUT2D eigenvalue weighted by atomic mass is 9.83. The van der Waals surface area contributed by atoms with Crippen molar-refractivity contribution in [1.29, 1.82) is 0 Å². The molecule has 8 heteroatoms. The van der Waals surface area contributed by atoms with Gasteiger partial charge in [-0.25, -0.2) is 4.79 Å². The highest BCUT2D eigenvalue weighted by Gasteiger charge is 2.34. The number of fused-ring (bicyclic) bond motifs is 1. The predicted octanol–water partition coefficient (Wildman–Crippen LogP) is 6.80. The van der Waals surface area contributed by atoms with Gasteiger partial charge in [-0.1, -0.05) is 63.4 Å². The smallest absolute Gasteiger partial charge is 0.346 e. The van der Waals surface area contributed by atoms with Gasteiger partial charge in [0.15, 0.2) is 0 Å². The van der Waals surface area contributed by atoms with E-state index in [0.29, 0.717) is 29.3 Å². The molecule has 1 saturated heterocycles. The number of likely N-dealkylation sites (tertiary alicyclic amines) is 1. The van der Waals surface area contributed by atoms with Gasteiger partial charge in [-0.15, -0.1) is 11.3 Å². The molecule has 1 amide bonds. The van der Waals surface area contributed by atoms with E-state index in [-0.39, 0.29) is 18.5 Å². The predicted molar refractivity (Wildman–Crippen MR) is 172 cm³/mol. The van der Waals surface area contributed by atoms with Crippen LogP contribution in [-0.4, -0.2) is 70.1 Å². The van der Waals surface area contributed by atoms with Gasteiger partial charge in [0.25, 0.3) is 0 Å². The van der Waals surface area contributed by atoms with Crippen LogP contribution in [0.1, 0.15) is 92.9 Å². The van der Waals surface area contributed by atoms with Crippen LogP contribution >= 0.6 is 11.3 Å². The Bertz CT molecular complexity index is 1390. The number of rotatable bonds is 11. The third kappa shape index (κ3) is 6.31. The molecule has 7 nitrogen and oxygen atoms in total. The van der Waals surface area contributed by atoms with E-state index in [1.807, 2.05) is 18.0 Å². The molecule has 228 valence electrons. The summed E-state index contributed by atoms with van der Waals surface area (Å²) in [7, 11) is 1.95. The Labute approximate surface area is 254 Å². The van der Waals surface area contributed by atoms with E-state index in [9.17, 15) is 14.7 Å². The van der Waals surface area contributed by atoms with Gasteiger partial charge >= 0.3 is 5.97 Å². The molecule has 3 heterocycles. The van der Waals surface area contributed by atoms with E-state index >= 15 is 0 Å². The van der Waals surface area contributed by atoms with Crippen LogP contribution in [0.4, 0.5) is 0 Å². The van der Waals surface area contributed by atoms with E-state index in [1.54, 1.807) is 0 Å². The molecule has 2 N–H and O–H groups in total. The molecule has 1 aromatic carbocycles. The van der Waals surface area contributed by atoms with Crippen molar-refractivity contribution in [2.75, 3.05) is 26.7 Å². The second-order valence-electron chi connectivity index (χ2n) is 13.0. The number of aromatic carboxylic acids is 1. The number of nitrogens with one attached hydrogen (secondary N) is 1. The topological polar surface area (TPSA) is 77.8 Å². The Kier molecular flexibility index (Phi) is 9.75. The first-order valence-electron chi connectivity index (χ1n) is 15.8. The summed E-state index contributed by atoms with van der Waals surface area (Å²) in [5.41, 5.74) is 5.19. The molecule has 1 aliphatic carbocycles. The molecular formula is C34H48N4O3S. The number of hydrogen-bond acceptors (Lipinski definition) is 5. The largest absolute Gasteiger partial charge is 0.477 e. The van der Waals surface area contributed by atoms with Crippen molar-refractivity contribution >= 4 is 33.4 Å². The van der Waals surface area contributed by atoms with Crippen molar-refractivity contribution < 1.29 is 14.7 Å². The summed E-state index contributed by atoms with van der Waals surface area (Å²) in [5.74, 6) is 0.00262. The summed E-state index contributed by atoms with van der Waals surface area (Å²) in [4.78, 5) is 31.5. The lowest BCUT2D eigenvalue weighted by Gasteiger charge is -2.27. The highest BCUT2D eigenvalue weighted by molar-refractivity contribution is 7.21. The third-order valence-electron chi connectivity index (χ3n) is 9.29. The highest BCUT2D eigenvalue weighted by Crippen LogP contribution is 2.48. The number of nitrogens with zero attached hydrogens (tertiary/aromatic N) is 3. The van der Waals surface area contributed by atoms with Crippen LogP contribution < -0.4 is 5.32 Å². The molecule has 3 aromatic rings. The average molecular weight is 593 g/mol. The fraction of sp³-hybridized carbons (Fsp3) is 0.588. The summed E-state index contributed by atoms with van der Waals surface area (Å²) in [6.45, 7) is 12.1. The zero-order chi connectivity index (χ0) is 30.0. The van der Waals surface area contributed by atoms with E-state index in [0.717, 1.165) is 65.9 Å². The van der Waals surface area contributed by atoms with Crippen molar-refractivity contribution in [3.63, 3.8) is 0 Å². The number of aromatic nitrogens is 1. The molecule has 2 aliphatic rings. The quantitative estimate of drug-likeness (QED) is 0.256. The van der Waals surface area contributed by atoms with Gasteiger partial charge in [0.2, 0.25) is 5.91 Å². The van der Waals surface area contributed by atoms with Crippen molar-refractivity contribution in [2.45, 2.75) is 97.3 Å². The summed E-state index contributed by atoms with van der Waals surface area (Å²) >= 11 is 1.41. The number of amides is 1. The minimum absolute atomic E-state index is 0.0825. The van der Waals surface area contributed by atoms with E-state index in [4.69, 9.17) is 0 Å². The Morgan fingerprint density at radius 1 is 1.07 bits per heavy atom. The van der Waals surface area contributed by atoms with Crippen LogP contribution in [-0.2, 0) is 17.9 Å². The van der Waals surface area contributed by atoms with Gasteiger partial charge in [0.05, 0.1) is 15.9 Å². The van der Waals surface area contributed by atoms with E-state index in [1.165, 1.54) is 36.2 Å². The van der Waals surface area contributed by atoms with Crippen LogP contribution in [0.25, 0.3) is 21.5 Å². The number of thiophene rings is 1. The van der Waals surface area contributed by atoms with Crippen molar-refractivity contribution in [3.05, 3.63) is 46.3 Å². The van der Waals surface area contributed by atoms with Gasteiger partial charge in [-0.05, 0) is 62.6 Å². The maximum Gasteiger partial charge on any atom is 0.346 e. The van der Waals surface area contributed by atoms with Crippen LogP contribution in [0, 0.1) is 5.92 Å². The standard InChI is InChI=1S/C34H48N4O3S/c1-22(2)18-35-19-27-31-33(42-32(27)34(40)41)29(24-12-8-6-9-13-24)30(25-14-10-7-11-15-25)38(31)21-28(39)36(5)26-16-17-37(20-26)23(3)4/h7,10-11,14-15,22-24,26,35H,6,8-9,12-13,16-21H2,1-5H3,(H,40,41). The number of hydrogen-bond donors (Lipinski definition) is 2. The second kappa shape index (κ2) is 13.3. The van der Waals surface area contributed by atoms with Crippen LogP contribution in [0.2, 0.25) is 0 Å². The number of carboxylic acid groups (broad SMARTS) is 1. The molecule has 1 aliphatic heterocycles. The maximum atomic E-state index is 14.1. The monoisotopic (exact) mass is 592 g/mol. The zero-order valence-electron chi connectivity index (χ0n) is 26.0.